The van der Waals surface area contributed by atoms with Crippen LogP contribution in [0.1, 0.15) is 56.6 Å². The number of carbonyl (C=O) groups is 3. The van der Waals surface area contributed by atoms with Crippen LogP contribution in [0.15, 0.2) is 12.4 Å². The van der Waals surface area contributed by atoms with Crippen molar-refractivity contribution in [2.24, 2.45) is 13.0 Å². The fourth-order valence-electron chi connectivity index (χ4n) is 3.46. The molecule has 2 heterocycles. The normalized spacial score (nSPS) is 20.2. The summed E-state index contributed by atoms with van der Waals surface area (Å²) in [4.78, 5) is 36.9. The highest BCUT2D eigenvalue weighted by Gasteiger charge is 2.39. The summed E-state index contributed by atoms with van der Waals surface area (Å²) < 4.78 is 1.67. The second-order valence-corrected chi connectivity index (χ2v) is 6.89. The lowest BCUT2D eigenvalue weighted by molar-refractivity contribution is -0.141. The molecule has 1 aromatic rings. The number of nitrogens with one attached hydrogen (secondary N) is 1. The molecule has 144 valence electrons. The van der Waals surface area contributed by atoms with Crippen LogP contribution in [0.25, 0.3) is 0 Å². The number of rotatable bonds is 9. The molecule has 2 rings (SSSR count). The number of aliphatic carboxylic acids is 1. The van der Waals surface area contributed by atoms with E-state index in [1.165, 1.54) is 0 Å². The van der Waals surface area contributed by atoms with E-state index in [4.69, 9.17) is 5.11 Å². The minimum Gasteiger partial charge on any atom is -0.481 e. The lowest BCUT2D eigenvalue weighted by atomic mass is 9.85. The Morgan fingerprint density at radius 3 is 2.65 bits per heavy atom. The highest BCUT2D eigenvalue weighted by Crippen LogP contribution is 2.35. The average Bonchev–Trinajstić information content (AvgIpc) is 3.01. The van der Waals surface area contributed by atoms with Gasteiger partial charge >= 0.3 is 5.97 Å². The van der Waals surface area contributed by atoms with E-state index in [2.05, 4.69) is 10.4 Å². The molecule has 0 aliphatic carbocycles. The topological polar surface area (TPSA) is 105 Å². The number of hydrogen-bond donors (Lipinski definition) is 2. The summed E-state index contributed by atoms with van der Waals surface area (Å²) in [6.45, 7) is 0.569. The molecule has 0 aromatic carbocycles. The highest BCUT2D eigenvalue weighted by molar-refractivity contribution is 5.84. The van der Waals surface area contributed by atoms with E-state index in [1.807, 2.05) is 13.2 Å². The third kappa shape index (κ3) is 5.31. The van der Waals surface area contributed by atoms with Crippen LogP contribution in [-0.4, -0.2) is 51.2 Å². The van der Waals surface area contributed by atoms with Crippen molar-refractivity contribution in [3.8, 4) is 0 Å². The zero-order valence-corrected chi connectivity index (χ0v) is 15.5. The standard InChI is InChI=1S/C18H28N4O4/c1-21-12-13(11-20-21)17-14(8-9-15(23)22(17)2)18(26)19-10-6-4-3-5-7-16(24)25/h11-12,14,17H,3-10H2,1-2H3,(H,19,26)(H,24,25). The maximum Gasteiger partial charge on any atom is 0.303 e. The van der Waals surface area contributed by atoms with E-state index >= 15 is 0 Å². The van der Waals surface area contributed by atoms with Gasteiger partial charge in [0, 0.05) is 45.2 Å². The summed E-state index contributed by atoms with van der Waals surface area (Å²) in [6, 6.07) is -0.291. The molecule has 1 aliphatic heterocycles. The molecule has 2 amide bonds. The van der Waals surface area contributed by atoms with Crippen LogP contribution >= 0.6 is 0 Å². The van der Waals surface area contributed by atoms with Gasteiger partial charge in [-0.1, -0.05) is 12.8 Å². The Balaban J connectivity index is 1.85. The SMILES string of the molecule is CN1C(=O)CCC(C(=O)NCCCCCCC(=O)O)C1c1cnn(C)c1. The second kappa shape index (κ2) is 9.35. The van der Waals surface area contributed by atoms with E-state index < -0.39 is 5.97 Å². The van der Waals surface area contributed by atoms with Crippen LogP contribution in [0, 0.1) is 5.92 Å². The van der Waals surface area contributed by atoms with Crippen molar-refractivity contribution in [3.63, 3.8) is 0 Å². The molecule has 8 heteroatoms. The Hall–Kier alpha value is -2.38. The van der Waals surface area contributed by atoms with Crippen LogP contribution in [-0.2, 0) is 21.4 Å². The molecular formula is C18H28N4O4. The summed E-state index contributed by atoms with van der Waals surface area (Å²) >= 11 is 0. The number of unbranched alkanes of at least 4 members (excludes halogenated alkanes) is 3. The maximum atomic E-state index is 12.7. The van der Waals surface area contributed by atoms with Crippen LogP contribution in [0.4, 0.5) is 0 Å². The number of carbonyl (C=O) groups excluding carboxylic acids is 2. The van der Waals surface area contributed by atoms with Gasteiger partial charge in [-0.15, -0.1) is 0 Å². The highest BCUT2D eigenvalue weighted by atomic mass is 16.4. The number of aryl methyl sites for hydroxylation is 1. The first kappa shape index (κ1) is 19.9. The fraction of sp³-hybridized carbons (Fsp3) is 0.667. The number of piperidine rings is 1. The minimum atomic E-state index is -0.768. The Morgan fingerprint density at radius 1 is 1.27 bits per heavy atom. The second-order valence-electron chi connectivity index (χ2n) is 6.89. The van der Waals surface area contributed by atoms with E-state index in [1.54, 1.807) is 22.8 Å². The predicted octanol–water partition coefficient (Wildman–Crippen LogP) is 1.48. The van der Waals surface area contributed by atoms with E-state index in [0.717, 1.165) is 24.8 Å². The molecular weight excluding hydrogens is 336 g/mol. The first-order valence-electron chi connectivity index (χ1n) is 9.14. The predicted molar refractivity (Wildman–Crippen MR) is 95.2 cm³/mol. The molecule has 1 fully saturated rings. The van der Waals surface area contributed by atoms with Gasteiger partial charge in [0.2, 0.25) is 11.8 Å². The smallest absolute Gasteiger partial charge is 0.303 e. The van der Waals surface area contributed by atoms with Crippen LogP contribution in [0.5, 0.6) is 0 Å². The van der Waals surface area contributed by atoms with Gasteiger partial charge in [-0.05, 0) is 19.3 Å². The van der Waals surface area contributed by atoms with Crippen molar-refractivity contribution in [3.05, 3.63) is 18.0 Å². The minimum absolute atomic E-state index is 0.0382. The summed E-state index contributed by atoms with van der Waals surface area (Å²) in [5.41, 5.74) is 0.872. The number of carboxylic acid groups (broad SMARTS) is 1. The van der Waals surface area contributed by atoms with Crippen molar-refractivity contribution in [1.29, 1.82) is 0 Å². The fourth-order valence-corrected chi connectivity index (χ4v) is 3.46. The lowest BCUT2D eigenvalue weighted by Crippen LogP contribution is -2.46. The van der Waals surface area contributed by atoms with Crippen molar-refractivity contribution in [1.82, 2.24) is 20.0 Å². The molecule has 0 radical (unpaired) electrons. The Labute approximate surface area is 153 Å². The molecule has 2 N–H and O–H groups in total. The quantitative estimate of drug-likeness (QED) is 0.646. The molecule has 26 heavy (non-hydrogen) atoms. The van der Waals surface area contributed by atoms with E-state index in [0.29, 0.717) is 25.8 Å². The molecule has 0 saturated carbocycles. The molecule has 1 aliphatic rings. The van der Waals surface area contributed by atoms with Gasteiger partial charge in [0.1, 0.15) is 0 Å². The number of likely N-dealkylation sites (tertiary alicyclic amines) is 1. The zero-order valence-electron chi connectivity index (χ0n) is 15.5. The molecule has 2 atom stereocenters. The summed E-state index contributed by atoms with van der Waals surface area (Å²) in [6.07, 6.45) is 7.90. The summed E-state index contributed by atoms with van der Waals surface area (Å²) in [5, 5.41) is 15.7. The number of aromatic nitrogens is 2. The van der Waals surface area contributed by atoms with Gasteiger partial charge in [0.05, 0.1) is 18.2 Å². The van der Waals surface area contributed by atoms with E-state index in [9.17, 15) is 14.4 Å². The third-order valence-corrected chi connectivity index (χ3v) is 4.88. The summed E-state index contributed by atoms with van der Waals surface area (Å²) in [5.74, 6) is -1.05. The first-order valence-corrected chi connectivity index (χ1v) is 9.14. The Morgan fingerprint density at radius 2 is 2.00 bits per heavy atom. The maximum absolute atomic E-state index is 12.7. The van der Waals surface area contributed by atoms with Crippen molar-refractivity contribution in [2.75, 3.05) is 13.6 Å². The van der Waals surface area contributed by atoms with Crippen LogP contribution in [0.3, 0.4) is 0 Å². The lowest BCUT2D eigenvalue weighted by Gasteiger charge is -2.37. The van der Waals surface area contributed by atoms with Gasteiger partial charge in [0.25, 0.3) is 0 Å². The van der Waals surface area contributed by atoms with Crippen LogP contribution in [0.2, 0.25) is 0 Å². The number of hydrogen-bond acceptors (Lipinski definition) is 4. The van der Waals surface area contributed by atoms with Gasteiger partial charge in [-0.25, -0.2) is 0 Å². The zero-order chi connectivity index (χ0) is 19.1. The van der Waals surface area contributed by atoms with Gasteiger partial charge in [-0.3, -0.25) is 19.1 Å². The van der Waals surface area contributed by atoms with Gasteiger partial charge in [0.15, 0.2) is 0 Å². The van der Waals surface area contributed by atoms with Gasteiger partial charge in [-0.2, -0.15) is 5.10 Å². The molecule has 1 aromatic heterocycles. The van der Waals surface area contributed by atoms with E-state index in [-0.39, 0.29) is 30.2 Å². The van der Waals surface area contributed by atoms with Crippen LogP contribution < -0.4 is 5.32 Å². The first-order chi connectivity index (χ1) is 12.4. The largest absolute Gasteiger partial charge is 0.481 e. The third-order valence-electron chi connectivity index (χ3n) is 4.88. The number of amides is 2. The number of carboxylic acids is 1. The van der Waals surface area contributed by atoms with Crippen molar-refractivity contribution >= 4 is 17.8 Å². The molecule has 0 bridgehead atoms. The molecule has 2 unspecified atom stereocenters. The average molecular weight is 364 g/mol. The van der Waals surface area contributed by atoms with Crippen molar-refractivity contribution < 1.29 is 19.5 Å². The Kier molecular flexibility index (Phi) is 7.17. The molecule has 0 spiro atoms. The summed E-state index contributed by atoms with van der Waals surface area (Å²) in [7, 11) is 3.55. The molecule has 1 saturated heterocycles. The molecule has 8 nitrogen and oxygen atoms in total. The Bertz CT molecular complexity index is 643. The van der Waals surface area contributed by atoms with Crippen molar-refractivity contribution in [2.45, 2.75) is 51.0 Å². The monoisotopic (exact) mass is 364 g/mol. The van der Waals surface area contributed by atoms with Gasteiger partial charge < -0.3 is 15.3 Å². The number of nitrogens with zero attached hydrogens (tertiary/aromatic N) is 3.